The first-order chi connectivity index (χ1) is 6.75. The summed E-state index contributed by atoms with van der Waals surface area (Å²) in [6.07, 6.45) is 1.12. The highest BCUT2D eigenvalue weighted by molar-refractivity contribution is 9.10. The van der Waals surface area contributed by atoms with Gasteiger partial charge in [0.2, 0.25) is 0 Å². The van der Waals surface area contributed by atoms with Gasteiger partial charge in [-0.05, 0) is 28.1 Å². The molecular formula is C10H10BrNO2. The summed E-state index contributed by atoms with van der Waals surface area (Å²) in [5, 5.41) is 2.64. The second-order valence-electron chi connectivity index (χ2n) is 2.69. The number of rotatable bonds is 4. The van der Waals surface area contributed by atoms with Crippen LogP contribution in [0.1, 0.15) is 16.8 Å². The van der Waals surface area contributed by atoms with E-state index in [0.29, 0.717) is 18.5 Å². The smallest absolute Gasteiger partial charge is 0.252 e. The summed E-state index contributed by atoms with van der Waals surface area (Å²) in [6.45, 7) is 0.379. The fourth-order valence-electron chi connectivity index (χ4n) is 0.985. The predicted molar refractivity (Wildman–Crippen MR) is 57.2 cm³/mol. The van der Waals surface area contributed by atoms with Crippen molar-refractivity contribution >= 4 is 28.1 Å². The molecule has 0 heterocycles. The van der Waals surface area contributed by atoms with E-state index in [1.807, 2.05) is 6.07 Å². The monoisotopic (exact) mass is 255 g/mol. The lowest BCUT2D eigenvalue weighted by molar-refractivity contribution is -0.107. The average Bonchev–Trinajstić information content (AvgIpc) is 2.18. The summed E-state index contributed by atoms with van der Waals surface area (Å²) >= 11 is 3.28. The summed E-state index contributed by atoms with van der Waals surface area (Å²) in [6, 6.07) is 7.15. The van der Waals surface area contributed by atoms with Crippen molar-refractivity contribution in [3.05, 3.63) is 34.3 Å². The number of benzene rings is 1. The van der Waals surface area contributed by atoms with Crippen molar-refractivity contribution < 1.29 is 9.59 Å². The lowest BCUT2D eigenvalue weighted by atomic mass is 10.2. The van der Waals surface area contributed by atoms with E-state index < -0.39 is 0 Å². The normalized spacial score (nSPS) is 9.50. The van der Waals surface area contributed by atoms with Crippen LogP contribution in [0.2, 0.25) is 0 Å². The van der Waals surface area contributed by atoms with Crippen molar-refractivity contribution in [2.24, 2.45) is 0 Å². The minimum absolute atomic E-state index is 0.167. The Morgan fingerprint density at radius 3 is 2.79 bits per heavy atom. The molecule has 0 fully saturated rings. The zero-order chi connectivity index (χ0) is 10.4. The maximum atomic E-state index is 11.5. The van der Waals surface area contributed by atoms with Crippen molar-refractivity contribution in [3.8, 4) is 0 Å². The Morgan fingerprint density at radius 2 is 2.14 bits per heavy atom. The predicted octanol–water partition coefficient (Wildman–Crippen LogP) is 1.77. The molecule has 1 N–H and O–H groups in total. The number of hydrogen-bond acceptors (Lipinski definition) is 2. The molecule has 0 atom stereocenters. The van der Waals surface area contributed by atoms with E-state index >= 15 is 0 Å². The number of carbonyl (C=O) groups is 2. The zero-order valence-corrected chi connectivity index (χ0v) is 9.08. The molecule has 3 nitrogen and oxygen atoms in total. The second-order valence-corrected chi connectivity index (χ2v) is 3.55. The minimum Gasteiger partial charge on any atom is -0.352 e. The van der Waals surface area contributed by atoms with Crippen molar-refractivity contribution in [1.82, 2.24) is 5.32 Å². The summed E-state index contributed by atoms with van der Waals surface area (Å²) in [5.74, 6) is -0.167. The van der Waals surface area contributed by atoms with Gasteiger partial charge >= 0.3 is 0 Å². The molecule has 0 saturated heterocycles. The third kappa shape index (κ3) is 2.96. The van der Waals surface area contributed by atoms with Gasteiger partial charge in [0, 0.05) is 17.4 Å². The van der Waals surface area contributed by atoms with E-state index in [2.05, 4.69) is 21.2 Å². The van der Waals surface area contributed by atoms with Crippen LogP contribution in [0.5, 0.6) is 0 Å². The molecule has 1 aromatic carbocycles. The molecule has 0 aromatic heterocycles. The van der Waals surface area contributed by atoms with Gasteiger partial charge in [-0.25, -0.2) is 0 Å². The van der Waals surface area contributed by atoms with Gasteiger partial charge in [-0.1, -0.05) is 12.1 Å². The van der Waals surface area contributed by atoms with Crippen molar-refractivity contribution in [2.75, 3.05) is 6.54 Å². The van der Waals surface area contributed by atoms with Gasteiger partial charge in [0.1, 0.15) is 6.29 Å². The fraction of sp³-hybridized carbons (Fsp3) is 0.200. The molecule has 14 heavy (non-hydrogen) atoms. The Labute approximate surface area is 90.6 Å². The van der Waals surface area contributed by atoms with Gasteiger partial charge in [0.05, 0.1) is 5.56 Å². The van der Waals surface area contributed by atoms with E-state index in [0.717, 1.165) is 10.8 Å². The van der Waals surface area contributed by atoms with Gasteiger partial charge in [0.15, 0.2) is 0 Å². The highest BCUT2D eigenvalue weighted by atomic mass is 79.9. The first-order valence-corrected chi connectivity index (χ1v) is 5.01. The van der Waals surface area contributed by atoms with Gasteiger partial charge in [-0.3, -0.25) is 4.79 Å². The van der Waals surface area contributed by atoms with Gasteiger partial charge in [-0.15, -0.1) is 0 Å². The Morgan fingerprint density at radius 1 is 1.43 bits per heavy atom. The van der Waals surface area contributed by atoms with Crippen molar-refractivity contribution in [3.63, 3.8) is 0 Å². The molecule has 0 unspecified atom stereocenters. The molecule has 0 saturated carbocycles. The Balaban J connectivity index is 2.60. The lowest BCUT2D eigenvalue weighted by Gasteiger charge is -2.04. The van der Waals surface area contributed by atoms with Crippen LogP contribution >= 0.6 is 15.9 Å². The highest BCUT2D eigenvalue weighted by Crippen LogP contribution is 2.15. The molecule has 1 amide bonds. The van der Waals surface area contributed by atoms with Crippen LogP contribution in [0.25, 0.3) is 0 Å². The molecule has 4 heteroatoms. The number of halogens is 1. The summed E-state index contributed by atoms with van der Waals surface area (Å²) in [5.41, 5.74) is 0.582. The van der Waals surface area contributed by atoms with Crippen LogP contribution in [0.4, 0.5) is 0 Å². The van der Waals surface area contributed by atoms with E-state index in [9.17, 15) is 9.59 Å². The van der Waals surface area contributed by atoms with Crippen LogP contribution in [0.3, 0.4) is 0 Å². The Hall–Kier alpha value is -1.16. The van der Waals surface area contributed by atoms with Crippen LogP contribution in [0.15, 0.2) is 28.7 Å². The lowest BCUT2D eigenvalue weighted by Crippen LogP contribution is -2.24. The molecule has 0 aliphatic carbocycles. The van der Waals surface area contributed by atoms with E-state index in [1.165, 1.54) is 0 Å². The molecule has 1 rings (SSSR count). The molecule has 0 bridgehead atoms. The molecule has 0 aliphatic heterocycles. The van der Waals surface area contributed by atoms with Crippen molar-refractivity contribution in [1.29, 1.82) is 0 Å². The number of amides is 1. The van der Waals surface area contributed by atoms with Gasteiger partial charge < -0.3 is 10.1 Å². The topological polar surface area (TPSA) is 46.2 Å². The van der Waals surface area contributed by atoms with E-state index in [-0.39, 0.29) is 5.91 Å². The number of carbonyl (C=O) groups excluding carboxylic acids is 2. The SMILES string of the molecule is O=CCCNC(=O)c1ccccc1Br. The van der Waals surface area contributed by atoms with Crippen LogP contribution in [-0.2, 0) is 4.79 Å². The van der Waals surface area contributed by atoms with Crippen LogP contribution in [0, 0.1) is 0 Å². The van der Waals surface area contributed by atoms with Crippen LogP contribution < -0.4 is 5.32 Å². The first-order valence-electron chi connectivity index (χ1n) is 4.22. The average molecular weight is 256 g/mol. The largest absolute Gasteiger partial charge is 0.352 e. The van der Waals surface area contributed by atoms with E-state index in [4.69, 9.17) is 0 Å². The van der Waals surface area contributed by atoms with Crippen molar-refractivity contribution in [2.45, 2.75) is 6.42 Å². The first kappa shape index (κ1) is 10.9. The molecule has 1 aromatic rings. The quantitative estimate of drug-likeness (QED) is 0.659. The fourth-order valence-corrected chi connectivity index (χ4v) is 1.45. The molecule has 0 aliphatic rings. The Kier molecular flexibility index (Phi) is 4.32. The minimum atomic E-state index is -0.167. The van der Waals surface area contributed by atoms with E-state index in [1.54, 1.807) is 18.2 Å². The standard InChI is InChI=1S/C10H10BrNO2/c11-9-5-2-1-4-8(9)10(14)12-6-3-7-13/h1-2,4-5,7H,3,6H2,(H,12,14). The molecule has 74 valence electrons. The Bertz CT molecular complexity index is 339. The third-order valence-electron chi connectivity index (χ3n) is 1.67. The molecular weight excluding hydrogens is 246 g/mol. The van der Waals surface area contributed by atoms with Gasteiger partial charge in [-0.2, -0.15) is 0 Å². The second kappa shape index (κ2) is 5.54. The molecule has 0 spiro atoms. The highest BCUT2D eigenvalue weighted by Gasteiger charge is 2.07. The summed E-state index contributed by atoms with van der Waals surface area (Å²) < 4.78 is 0.753. The number of nitrogens with one attached hydrogen (secondary N) is 1. The number of aldehydes is 1. The summed E-state index contributed by atoms with van der Waals surface area (Å²) in [4.78, 5) is 21.5. The molecule has 0 radical (unpaired) electrons. The summed E-state index contributed by atoms with van der Waals surface area (Å²) in [7, 11) is 0. The zero-order valence-electron chi connectivity index (χ0n) is 7.50. The van der Waals surface area contributed by atoms with Crippen LogP contribution in [-0.4, -0.2) is 18.7 Å². The third-order valence-corrected chi connectivity index (χ3v) is 2.36. The maximum absolute atomic E-state index is 11.5. The van der Waals surface area contributed by atoms with Gasteiger partial charge in [0.25, 0.3) is 5.91 Å². The number of hydrogen-bond donors (Lipinski definition) is 1. The maximum Gasteiger partial charge on any atom is 0.252 e.